The van der Waals surface area contributed by atoms with Crippen molar-refractivity contribution in [1.29, 1.82) is 0 Å². The Morgan fingerprint density at radius 2 is 2.21 bits per heavy atom. The number of hydrogen-bond acceptors (Lipinski definition) is 4. The Kier molecular flexibility index (Phi) is 3.28. The molecule has 0 aliphatic heterocycles. The van der Waals surface area contributed by atoms with E-state index in [2.05, 4.69) is 25.9 Å². The van der Waals surface area contributed by atoms with E-state index in [1.54, 1.807) is 0 Å². The average Bonchev–Trinajstić information content (AvgIpc) is 2.37. The summed E-state index contributed by atoms with van der Waals surface area (Å²) >= 11 is 3.45. The van der Waals surface area contributed by atoms with Gasteiger partial charge in [-0.3, -0.25) is 0 Å². The third-order valence-electron chi connectivity index (χ3n) is 3.81. The minimum absolute atomic E-state index is 0.156. The summed E-state index contributed by atoms with van der Waals surface area (Å²) in [5.41, 5.74) is 13.0. The van der Waals surface area contributed by atoms with E-state index in [0.717, 1.165) is 46.9 Å². The van der Waals surface area contributed by atoms with E-state index in [0.29, 0.717) is 0 Å². The van der Waals surface area contributed by atoms with Gasteiger partial charge in [0, 0.05) is 22.1 Å². The lowest BCUT2D eigenvalue weighted by molar-refractivity contribution is 0.261. The molecule has 4 nitrogen and oxygen atoms in total. The van der Waals surface area contributed by atoms with E-state index in [1.165, 1.54) is 0 Å². The lowest BCUT2D eigenvalue weighted by atomic mass is 9.79. The predicted octanol–water partition coefficient (Wildman–Crippen LogP) is 2.45. The molecule has 19 heavy (non-hydrogen) atoms. The zero-order valence-electron chi connectivity index (χ0n) is 10.6. The van der Waals surface area contributed by atoms with Gasteiger partial charge in [0.15, 0.2) is 0 Å². The van der Waals surface area contributed by atoms with Crippen LogP contribution in [0.2, 0.25) is 0 Å². The largest absolute Gasteiger partial charge is 0.328 e. The number of halogens is 1. The van der Waals surface area contributed by atoms with Crippen LogP contribution < -0.4 is 11.5 Å². The fourth-order valence-corrected chi connectivity index (χ4v) is 3.18. The summed E-state index contributed by atoms with van der Waals surface area (Å²) in [5, 5.41) is 1.02. The van der Waals surface area contributed by atoms with Crippen molar-refractivity contribution < 1.29 is 0 Å². The van der Waals surface area contributed by atoms with E-state index >= 15 is 0 Å². The van der Waals surface area contributed by atoms with Crippen LogP contribution in [0.15, 0.2) is 28.9 Å². The molecule has 2 atom stereocenters. The summed E-state index contributed by atoms with van der Waals surface area (Å²) in [4.78, 5) is 9.10. The van der Waals surface area contributed by atoms with Gasteiger partial charge >= 0.3 is 0 Å². The summed E-state index contributed by atoms with van der Waals surface area (Å²) in [5.74, 6) is 0.720. The van der Waals surface area contributed by atoms with Gasteiger partial charge in [-0.05, 0) is 43.9 Å². The summed E-state index contributed by atoms with van der Waals surface area (Å²) in [7, 11) is 0. The molecule has 1 aliphatic rings. The fraction of sp³-hybridized carbons (Fsp3) is 0.429. The van der Waals surface area contributed by atoms with Crippen LogP contribution in [0, 0.1) is 0 Å². The summed E-state index contributed by atoms with van der Waals surface area (Å²) in [6.45, 7) is 0. The van der Waals surface area contributed by atoms with Gasteiger partial charge in [-0.25, -0.2) is 9.97 Å². The number of hydrogen-bond donors (Lipinski definition) is 2. The number of rotatable bonds is 1. The second kappa shape index (κ2) is 4.81. The minimum Gasteiger partial charge on any atom is -0.328 e. The molecule has 0 radical (unpaired) electrons. The molecule has 4 N–H and O–H groups in total. The quantitative estimate of drug-likeness (QED) is 0.846. The highest BCUT2D eigenvalue weighted by Crippen LogP contribution is 2.33. The van der Waals surface area contributed by atoms with Crippen LogP contribution in [-0.2, 0) is 5.54 Å². The molecule has 1 aromatic carbocycles. The van der Waals surface area contributed by atoms with Gasteiger partial charge in [0.25, 0.3) is 0 Å². The number of benzene rings is 1. The van der Waals surface area contributed by atoms with Crippen LogP contribution >= 0.6 is 15.9 Å². The van der Waals surface area contributed by atoms with E-state index in [4.69, 9.17) is 11.5 Å². The molecule has 0 bridgehead atoms. The minimum atomic E-state index is -0.473. The van der Waals surface area contributed by atoms with Gasteiger partial charge in [-0.2, -0.15) is 0 Å². The van der Waals surface area contributed by atoms with Crippen molar-refractivity contribution >= 4 is 26.8 Å². The highest BCUT2D eigenvalue weighted by Gasteiger charge is 2.35. The van der Waals surface area contributed by atoms with Gasteiger partial charge in [-0.15, -0.1) is 0 Å². The Balaban J connectivity index is 2.03. The molecule has 100 valence electrons. The first-order valence-electron chi connectivity index (χ1n) is 6.54. The van der Waals surface area contributed by atoms with Crippen molar-refractivity contribution in [2.75, 3.05) is 0 Å². The lowest BCUT2D eigenvalue weighted by Crippen LogP contribution is -2.46. The van der Waals surface area contributed by atoms with Crippen LogP contribution in [0.3, 0.4) is 0 Å². The van der Waals surface area contributed by atoms with Crippen LogP contribution in [0.5, 0.6) is 0 Å². The first-order valence-corrected chi connectivity index (χ1v) is 7.33. The Labute approximate surface area is 120 Å². The smallest absolute Gasteiger partial charge is 0.148 e. The summed E-state index contributed by atoms with van der Waals surface area (Å²) in [6.07, 6.45) is 5.59. The summed E-state index contributed by atoms with van der Waals surface area (Å²) in [6, 6.07) is 6.13. The van der Waals surface area contributed by atoms with Gasteiger partial charge < -0.3 is 11.5 Å². The monoisotopic (exact) mass is 320 g/mol. The second-order valence-electron chi connectivity index (χ2n) is 5.41. The highest BCUT2D eigenvalue weighted by atomic mass is 79.9. The van der Waals surface area contributed by atoms with Gasteiger partial charge in [0.2, 0.25) is 0 Å². The molecule has 1 fully saturated rings. The number of nitrogens with two attached hydrogens (primary N) is 2. The maximum absolute atomic E-state index is 6.48. The molecule has 1 aliphatic carbocycles. The molecule has 1 aromatic heterocycles. The SMILES string of the molecule is NC1CCCC(N)(c2ncc3cc(Br)ccc3n2)C1. The van der Waals surface area contributed by atoms with Gasteiger partial charge in [-0.1, -0.05) is 15.9 Å². The van der Waals surface area contributed by atoms with E-state index in [1.807, 2.05) is 24.4 Å². The van der Waals surface area contributed by atoms with E-state index in [9.17, 15) is 0 Å². The Morgan fingerprint density at radius 3 is 3.00 bits per heavy atom. The predicted molar refractivity (Wildman–Crippen MR) is 79.5 cm³/mol. The molecular formula is C14H17BrN4. The molecule has 0 amide bonds. The first-order chi connectivity index (χ1) is 9.07. The van der Waals surface area contributed by atoms with Crippen molar-refractivity contribution in [2.45, 2.75) is 37.3 Å². The molecule has 0 saturated heterocycles. The van der Waals surface area contributed by atoms with Crippen LogP contribution in [-0.4, -0.2) is 16.0 Å². The van der Waals surface area contributed by atoms with E-state index in [-0.39, 0.29) is 6.04 Å². The Morgan fingerprint density at radius 1 is 1.37 bits per heavy atom. The standard InChI is InChI=1S/C14H17BrN4/c15-10-3-4-12-9(6-10)8-18-13(19-12)14(17)5-1-2-11(16)7-14/h3-4,6,8,11H,1-2,5,7,16-17H2. The Bertz CT molecular complexity index is 615. The highest BCUT2D eigenvalue weighted by molar-refractivity contribution is 9.10. The van der Waals surface area contributed by atoms with Crippen molar-refractivity contribution in [1.82, 2.24) is 9.97 Å². The third-order valence-corrected chi connectivity index (χ3v) is 4.30. The third kappa shape index (κ3) is 2.50. The molecule has 1 heterocycles. The molecular weight excluding hydrogens is 304 g/mol. The molecule has 5 heteroatoms. The topological polar surface area (TPSA) is 77.8 Å². The molecule has 1 saturated carbocycles. The van der Waals surface area contributed by atoms with Gasteiger partial charge in [0.05, 0.1) is 11.1 Å². The first kappa shape index (κ1) is 13.0. The van der Waals surface area contributed by atoms with Crippen molar-refractivity contribution in [3.63, 3.8) is 0 Å². The maximum Gasteiger partial charge on any atom is 0.148 e. The molecule has 0 spiro atoms. The van der Waals surface area contributed by atoms with Crippen LogP contribution in [0.4, 0.5) is 0 Å². The molecule has 2 unspecified atom stereocenters. The summed E-state index contributed by atoms with van der Waals surface area (Å²) < 4.78 is 1.03. The number of nitrogens with zero attached hydrogens (tertiary/aromatic N) is 2. The fourth-order valence-electron chi connectivity index (χ4n) is 2.80. The van der Waals surface area contributed by atoms with Crippen LogP contribution in [0.1, 0.15) is 31.5 Å². The normalized spacial score (nSPS) is 27.6. The zero-order chi connectivity index (χ0) is 13.5. The van der Waals surface area contributed by atoms with Crippen molar-refractivity contribution in [3.8, 4) is 0 Å². The zero-order valence-corrected chi connectivity index (χ0v) is 12.2. The second-order valence-corrected chi connectivity index (χ2v) is 6.32. The average molecular weight is 321 g/mol. The van der Waals surface area contributed by atoms with Gasteiger partial charge in [0.1, 0.15) is 5.82 Å². The van der Waals surface area contributed by atoms with Crippen LogP contribution in [0.25, 0.3) is 10.9 Å². The maximum atomic E-state index is 6.48. The van der Waals surface area contributed by atoms with Crippen molar-refractivity contribution in [2.24, 2.45) is 11.5 Å². The van der Waals surface area contributed by atoms with Crippen molar-refractivity contribution in [3.05, 3.63) is 34.7 Å². The number of aromatic nitrogens is 2. The lowest BCUT2D eigenvalue weighted by Gasteiger charge is -2.35. The van der Waals surface area contributed by atoms with E-state index < -0.39 is 5.54 Å². The number of fused-ring (bicyclic) bond motifs is 1. The molecule has 2 aromatic rings. The molecule has 3 rings (SSSR count). The Hall–Kier alpha value is -1.04.